The Morgan fingerprint density at radius 2 is 1.95 bits per heavy atom. The highest BCUT2D eigenvalue weighted by molar-refractivity contribution is 7.90. The number of hydrogen-bond donors (Lipinski definition) is 2. The summed E-state index contributed by atoms with van der Waals surface area (Å²) < 4.78 is 23.8. The maximum Gasteiger partial charge on any atom is 0.280 e. The molecule has 1 rings (SSSR count). The van der Waals surface area contributed by atoms with E-state index in [0.717, 1.165) is 19.1 Å². The molecule has 0 aliphatic heterocycles. The number of sulfone groups is 1. The van der Waals surface area contributed by atoms with Crippen LogP contribution >= 0.6 is 0 Å². The van der Waals surface area contributed by atoms with Crippen LogP contribution in [0.1, 0.15) is 35.7 Å². The lowest BCUT2D eigenvalue weighted by Crippen LogP contribution is -2.24. The summed E-state index contributed by atoms with van der Waals surface area (Å²) >= 11 is 0. The Morgan fingerprint density at radius 1 is 1.27 bits per heavy atom. The number of carbonyl (C=O) groups is 1. The van der Waals surface area contributed by atoms with E-state index in [1.54, 1.807) is 6.07 Å². The molecule has 0 heterocycles. The van der Waals surface area contributed by atoms with E-state index >= 15 is 0 Å². The van der Waals surface area contributed by atoms with E-state index in [2.05, 4.69) is 11.9 Å². The van der Waals surface area contributed by atoms with Gasteiger partial charge in [0.2, 0.25) is 0 Å². The molecule has 0 radical (unpaired) electrons. The minimum absolute atomic E-state index is 0.116. The third kappa shape index (κ3) is 5.33. The quantitative estimate of drug-likeness (QED) is 0.466. The molecule has 0 unspecified atom stereocenters. The van der Waals surface area contributed by atoms with E-state index in [1.165, 1.54) is 12.1 Å². The summed E-state index contributed by atoms with van der Waals surface area (Å²) in [5, 5.41) is 0. The van der Waals surface area contributed by atoms with Crippen molar-refractivity contribution < 1.29 is 13.2 Å². The zero-order chi connectivity index (χ0) is 16.8. The first kappa shape index (κ1) is 17.9. The van der Waals surface area contributed by atoms with Crippen LogP contribution in [0.3, 0.4) is 0 Å². The van der Waals surface area contributed by atoms with Crippen LogP contribution in [0.5, 0.6) is 0 Å². The first-order chi connectivity index (χ1) is 10.3. The number of carbonyl (C=O) groups excluding carboxylic acids is 1. The van der Waals surface area contributed by atoms with Gasteiger partial charge in [-0.1, -0.05) is 31.6 Å². The molecule has 1 aromatic rings. The lowest BCUT2D eigenvalue weighted by molar-refractivity contribution is 0.100. The van der Waals surface area contributed by atoms with Gasteiger partial charge in [-0.2, -0.15) is 4.99 Å². The van der Waals surface area contributed by atoms with Gasteiger partial charge in [0.25, 0.3) is 5.91 Å². The van der Waals surface area contributed by atoms with Crippen LogP contribution in [0.15, 0.2) is 40.2 Å². The zero-order valence-electron chi connectivity index (χ0n) is 12.7. The first-order valence-electron chi connectivity index (χ1n) is 6.87. The van der Waals surface area contributed by atoms with Gasteiger partial charge in [-0.3, -0.25) is 4.79 Å². The summed E-state index contributed by atoms with van der Waals surface area (Å²) in [6.07, 6.45) is 7.49. The van der Waals surface area contributed by atoms with Crippen molar-refractivity contribution in [3.63, 3.8) is 0 Å². The van der Waals surface area contributed by atoms with Gasteiger partial charge in [-0.15, -0.1) is 0 Å². The molecule has 0 aromatic heterocycles. The third-order valence-electron chi connectivity index (χ3n) is 2.90. The summed E-state index contributed by atoms with van der Waals surface area (Å²) in [6.45, 7) is 2.07. The molecule has 4 N–H and O–H groups in total. The predicted octanol–water partition coefficient (Wildman–Crippen LogP) is 1.40. The molecule has 6 nitrogen and oxygen atoms in total. The minimum Gasteiger partial charge on any atom is -0.370 e. The molecule has 1 amide bonds. The summed E-state index contributed by atoms with van der Waals surface area (Å²) in [4.78, 5) is 15.3. The number of nitrogens with zero attached hydrogens (tertiary/aromatic N) is 1. The van der Waals surface area contributed by atoms with Crippen molar-refractivity contribution in [3.8, 4) is 0 Å². The van der Waals surface area contributed by atoms with Crippen LogP contribution in [0.25, 0.3) is 0 Å². The monoisotopic (exact) mass is 323 g/mol. The number of allylic oxidation sites excluding steroid dienone is 2. The molecule has 22 heavy (non-hydrogen) atoms. The highest BCUT2D eigenvalue weighted by Crippen LogP contribution is 2.19. The highest BCUT2D eigenvalue weighted by Gasteiger charge is 2.16. The number of guanidine groups is 1. The molecule has 0 fully saturated rings. The smallest absolute Gasteiger partial charge is 0.280 e. The lowest BCUT2D eigenvalue weighted by atomic mass is 10.1. The van der Waals surface area contributed by atoms with Crippen LogP contribution in [0.4, 0.5) is 0 Å². The van der Waals surface area contributed by atoms with Gasteiger partial charge in [-0.25, -0.2) is 8.42 Å². The molecule has 7 heteroatoms. The van der Waals surface area contributed by atoms with E-state index in [1.807, 2.05) is 12.2 Å². The molecule has 1 aromatic carbocycles. The van der Waals surface area contributed by atoms with Crippen LogP contribution in [0, 0.1) is 0 Å². The van der Waals surface area contributed by atoms with E-state index in [4.69, 9.17) is 11.5 Å². The average Bonchev–Trinajstić information content (AvgIpc) is 2.42. The number of benzene rings is 1. The SMILES string of the molecule is CCCC=CCc1ccc(C(=O)N=C(N)N)cc1S(C)(=O)=O. The van der Waals surface area contributed by atoms with Gasteiger partial charge < -0.3 is 11.5 Å². The summed E-state index contributed by atoms with van der Waals surface area (Å²) in [6, 6.07) is 4.45. The first-order valence-corrected chi connectivity index (χ1v) is 8.76. The number of aliphatic imine (C=N–C) groups is 1. The Kier molecular flexibility index (Phi) is 6.30. The van der Waals surface area contributed by atoms with E-state index in [-0.39, 0.29) is 16.4 Å². The van der Waals surface area contributed by atoms with Crippen molar-refractivity contribution in [2.24, 2.45) is 16.5 Å². The maximum atomic E-state index is 11.9. The lowest BCUT2D eigenvalue weighted by Gasteiger charge is -2.08. The summed E-state index contributed by atoms with van der Waals surface area (Å²) in [5.74, 6) is -1.03. The Bertz CT molecular complexity index is 703. The number of rotatable bonds is 6. The molecule has 0 atom stereocenters. The molecule has 120 valence electrons. The van der Waals surface area contributed by atoms with Crippen molar-refractivity contribution in [1.29, 1.82) is 0 Å². The molecular weight excluding hydrogens is 302 g/mol. The van der Waals surface area contributed by atoms with Gasteiger partial charge in [0.15, 0.2) is 15.8 Å². The van der Waals surface area contributed by atoms with Crippen LogP contribution in [-0.2, 0) is 16.3 Å². The highest BCUT2D eigenvalue weighted by atomic mass is 32.2. The molecule has 0 aliphatic carbocycles. The van der Waals surface area contributed by atoms with Gasteiger partial charge in [-0.05, 0) is 30.5 Å². The molecule has 0 bridgehead atoms. The number of nitrogens with two attached hydrogens (primary N) is 2. The average molecular weight is 323 g/mol. The molecular formula is C15H21N3O3S. The third-order valence-corrected chi connectivity index (χ3v) is 4.08. The Morgan fingerprint density at radius 3 is 2.50 bits per heavy atom. The second-order valence-corrected chi connectivity index (χ2v) is 6.88. The van der Waals surface area contributed by atoms with Crippen molar-refractivity contribution >= 4 is 21.7 Å². The zero-order valence-corrected chi connectivity index (χ0v) is 13.6. The Balaban J connectivity index is 3.20. The van der Waals surface area contributed by atoms with Gasteiger partial charge in [0.1, 0.15) is 0 Å². The van der Waals surface area contributed by atoms with Crippen LogP contribution < -0.4 is 11.5 Å². The maximum absolute atomic E-state index is 11.9. The summed E-state index contributed by atoms with van der Waals surface area (Å²) in [5.41, 5.74) is 11.1. The fourth-order valence-electron chi connectivity index (χ4n) is 1.88. The van der Waals surface area contributed by atoms with E-state index < -0.39 is 15.7 Å². The molecule has 0 aliphatic rings. The van der Waals surface area contributed by atoms with Crippen LogP contribution in [-0.4, -0.2) is 26.5 Å². The number of hydrogen-bond acceptors (Lipinski definition) is 3. The second-order valence-electron chi connectivity index (χ2n) is 4.90. The fraction of sp³-hybridized carbons (Fsp3) is 0.333. The molecule has 0 spiro atoms. The van der Waals surface area contributed by atoms with Crippen molar-refractivity contribution in [1.82, 2.24) is 0 Å². The number of unbranched alkanes of at least 4 members (excludes halogenated alkanes) is 1. The van der Waals surface area contributed by atoms with Gasteiger partial charge in [0, 0.05) is 11.8 Å². The van der Waals surface area contributed by atoms with Crippen molar-refractivity contribution in [2.45, 2.75) is 31.1 Å². The topological polar surface area (TPSA) is 116 Å². The minimum atomic E-state index is -3.46. The fourth-order valence-corrected chi connectivity index (χ4v) is 2.85. The Labute approximate surface area is 130 Å². The Hall–Kier alpha value is -2.15. The van der Waals surface area contributed by atoms with E-state index in [0.29, 0.717) is 12.0 Å². The van der Waals surface area contributed by atoms with Crippen molar-refractivity contribution in [2.75, 3.05) is 6.26 Å². The van der Waals surface area contributed by atoms with Gasteiger partial charge in [0.05, 0.1) is 4.90 Å². The standard InChI is InChI=1S/C15H21N3O3S/c1-3-4-5-6-7-11-8-9-12(14(19)18-15(16)17)10-13(11)22(2,20)21/h5-6,8-10H,3-4,7H2,1-2H3,(H4,16,17,18,19). The van der Waals surface area contributed by atoms with Crippen molar-refractivity contribution in [3.05, 3.63) is 41.5 Å². The van der Waals surface area contributed by atoms with Crippen LogP contribution in [0.2, 0.25) is 0 Å². The molecule has 0 saturated heterocycles. The number of amides is 1. The normalized spacial score (nSPS) is 11.5. The van der Waals surface area contributed by atoms with Gasteiger partial charge >= 0.3 is 0 Å². The second kappa shape index (κ2) is 7.74. The molecule has 0 saturated carbocycles. The predicted molar refractivity (Wildman–Crippen MR) is 87.4 cm³/mol. The largest absolute Gasteiger partial charge is 0.370 e. The van der Waals surface area contributed by atoms with E-state index in [9.17, 15) is 13.2 Å². The summed E-state index contributed by atoms with van der Waals surface area (Å²) in [7, 11) is -3.46.